The first-order chi connectivity index (χ1) is 47.6. The number of rotatable bonds is 64. The van der Waals surface area contributed by atoms with Crippen LogP contribution in [0.5, 0.6) is 0 Å². The van der Waals surface area contributed by atoms with E-state index in [0.29, 0.717) is 23.9 Å². The second kappa shape index (κ2) is 74.6. The summed E-state index contributed by atoms with van der Waals surface area (Å²) in [6.45, 7) is 4.53. The SMILES string of the molecule is CC/C=C\C/C=C\C/C=C\C/C=C\C/C=C\C/C=C\C/C=C\C/C=C\C/C=C\C/C=C\C/C=C\C/C=C\CCCCC(=O)OC(COC(=O)CCCCCCC/C=C\C/C=C\C/C=C\C/C=C\C/C=C\C/C=C\C/C=C\C/C=C\C/C=C\CC)COC(OCC[N+](C)(C)C)C(=O)O. The zero-order valence-corrected chi connectivity index (χ0v) is 61.1. The maximum Gasteiger partial charge on any atom is 0.361 e. The van der Waals surface area contributed by atoms with Crippen LogP contribution in [-0.2, 0) is 33.3 Å². The van der Waals surface area contributed by atoms with Gasteiger partial charge in [0.2, 0.25) is 0 Å². The summed E-state index contributed by atoms with van der Waals surface area (Å²) >= 11 is 0. The number of esters is 2. The van der Waals surface area contributed by atoms with Gasteiger partial charge in [0.1, 0.15) is 13.2 Å². The van der Waals surface area contributed by atoms with Crippen molar-refractivity contribution < 1.29 is 42.9 Å². The fourth-order valence-electron chi connectivity index (χ4n) is 8.75. The van der Waals surface area contributed by atoms with Gasteiger partial charge in [-0.15, -0.1) is 0 Å². The van der Waals surface area contributed by atoms with Crippen LogP contribution in [0.4, 0.5) is 0 Å². The monoisotopic (exact) mass is 1330 g/mol. The number of hydrogen-bond donors (Lipinski definition) is 1. The number of carbonyl (C=O) groups excluding carboxylic acids is 2. The van der Waals surface area contributed by atoms with Crippen LogP contribution in [0.15, 0.2) is 255 Å². The van der Waals surface area contributed by atoms with Crippen molar-refractivity contribution in [3.63, 3.8) is 0 Å². The number of carboxylic acids is 1. The summed E-state index contributed by atoms with van der Waals surface area (Å²) in [6.07, 6.45) is 120. The third-order valence-electron chi connectivity index (χ3n) is 14.3. The highest BCUT2D eigenvalue weighted by Gasteiger charge is 2.25. The first-order valence-electron chi connectivity index (χ1n) is 36.8. The molecule has 0 aromatic heterocycles. The summed E-state index contributed by atoms with van der Waals surface area (Å²) in [5.41, 5.74) is 0. The molecule has 0 aromatic rings. The molecule has 0 saturated heterocycles. The Morgan fingerprint density at radius 2 is 0.557 bits per heavy atom. The molecule has 9 nitrogen and oxygen atoms in total. The smallest absolute Gasteiger partial charge is 0.361 e. The van der Waals surface area contributed by atoms with Crippen molar-refractivity contribution in [1.82, 2.24) is 0 Å². The molecular weight excluding hydrogens is 1200 g/mol. The van der Waals surface area contributed by atoms with Gasteiger partial charge < -0.3 is 28.5 Å². The number of carbonyl (C=O) groups is 3. The predicted octanol–water partition coefficient (Wildman–Crippen LogP) is 23.8. The lowest BCUT2D eigenvalue weighted by molar-refractivity contribution is -0.870. The van der Waals surface area contributed by atoms with Crippen LogP contribution in [0.2, 0.25) is 0 Å². The Morgan fingerprint density at radius 1 is 0.309 bits per heavy atom. The maximum atomic E-state index is 12.9. The average Bonchev–Trinajstić information content (AvgIpc) is 2.39. The number of aliphatic carboxylic acids is 1. The highest BCUT2D eigenvalue weighted by atomic mass is 16.7. The molecule has 2 unspecified atom stereocenters. The summed E-state index contributed by atoms with van der Waals surface area (Å²) in [4.78, 5) is 37.6. The van der Waals surface area contributed by atoms with E-state index in [4.69, 9.17) is 18.9 Å². The lowest BCUT2D eigenvalue weighted by Crippen LogP contribution is -2.40. The van der Waals surface area contributed by atoms with Gasteiger partial charge in [0.25, 0.3) is 6.29 Å². The molecule has 536 valence electrons. The normalized spacial score (nSPS) is 14.2. The third kappa shape index (κ3) is 76.1. The molecule has 0 aliphatic heterocycles. The van der Waals surface area contributed by atoms with E-state index in [9.17, 15) is 19.5 Å². The Bertz CT molecular complexity index is 2550. The summed E-state index contributed by atoms with van der Waals surface area (Å²) in [6, 6.07) is 0. The molecule has 0 amide bonds. The molecule has 0 aromatic carbocycles. The second-order valence-electron chi connectivity index (χ2n) is 24.4. The summed E-state index contributed by atoms with van der Waals surface area (Å²) in [7, 11) is 5.93. The predicted molar refractivity (Wildman–Crippen MR) is 418 cm³/mol. The molecule has 0 aliphatic carbocycles. The summed E-state index contributed by atoms with van der Waals surface area (Å²) < 4.78 is 22.9. The number of ether oxygens (including phenoxy) is 4. The van der Waals surface area contributed by atoms with Gasteiger partial charge in [-0.25, -0.2) is 4.79 Å². The van der Waals surface area contributed by atoms with Gasteiger partial charge >= 0.3 is 17.9 Å². The van der Waals surface area contributed by atoms with Gasteiger partial charge in [-0.2, -0.15) is 0 Å². The van der Waals surface area contributed by atoms with Crippen LogP contribution in [0.3, 0.4) is 0 Å². The van der Waals surface area contributed by atoms with Crippen LogP contribution in [0.25, 0.3) is 0 Å². The minimum atomic E-state index is -1.55. The zero-order chi connectivity index (χ0) is 70.4. The van der Waals surface area contributed by atoms with Crippen molar-refractivity contribution in [3.8, 4) is 0 Å². The highest BCUT2D eigenvalue weighted by molar-refractivity contribution is 5.71. The van der Waals surface area contributed by atoms with Crippen molar-refractivity contribution in [3.05, 3.63) is 255 Å². The highest BCUT2D eigenvalue weighted by Crippen LogP contribution is 2.12. The molecule has 0 bridgehead atoms. The lowest BCUT2D eigenvalue weighted by Gasteiger charge is -2.25. The van der Waals surface area contributed by atoms with E-state index in [1.807, 2.05) is 21.1 Å². The van der Waals surface area contributed by atoms with Gasteiger partial charge in [-0.3, -0.25) is 9.59 Å². The minimum Gasteiger partial charge on any atom is -0.477 e. The summed E-state index contributed by atoms with van der Waals surface area (Å²) in [5, 5.41) is 9.75. The Balaban J connectivity index is 4.34. The number of nitrogens with zero attached hydrogens (tertiary/aromatic N) is 1. The Kier molecular flexibility index (Phi) is 69.1. The second-order valence-corrected chi connectivity index (χ2v) is 24.4. The molecular formula is C88H132NO8+. The molecule has 2 atom stereocenters. The number of unbranched alkanes of at least 4 members (excludes halogenated alkanes) is 7. The fourth-order valence-corrected chi connectivity index (χ4v) is 8.75. The van der Waals surface area contributed by atoms with Crippen molar-refractivity contribution in [2.45, 2.75) is 232 Å². The van der Waals surface area contributed by atoms with Gasteiger partial charge in [0.05, 0.1) is 34.4 Å². The topological polar surface area (TPSA) is 108 Å². The fraction of sp³-hybridized carbons (Fsp3) is 0.489. The van der Waals surface area contributed by atoms with E-state index in [1.165, 1.54) is 0 Å². The van der Waals surface area contributed by atoms with Crippen LogP contribution < -0.4 is 0 Å². The minimum absolute atomic E-state index is 0.160. The number of hydrogen-bond acceptors (Lipinski definition) is 7. The molecule has 9 heteroatoms. The van der Waals surface area contributed by atoms with Crippen LogP contribution in [-0.4, -0.2) is 87.4 Å². The standard InChI is InChI=1S/C88H131NO8/c1-6-8-10-12-14-16-18-20-22-24-26-28-30-32-34-36-38-40-41-42-43-44-45-47-49-51-53-55-57-59-61-63-65-67-69-71-73-75-77-79-86(91)97-84(83-96-88(87(92)93)94-81-80-89(3,4)5)82-95-85(90)78-76-74-72-70-68-66-64-62-60-58-56-54-52-50-48-46-39-37-35-33-31-29-27-25-23-21-19-17-15-13-11-9-7-2/h8-11,14-17,20-23,26-29,32-35,38-40,42-43,45-47,50-53,56-59,62-65,69,71,84,88H,6-7,12-13,18-19,24-25,30-31,36-37,41,44,48-49,54-55,60-61,66-68,70,72-83H2,1-5H3/p+1/b10-8-,11-9-,16-14-,17-15-,22-20-,23-21-,28-26-,29-27-,34-32-,35-33-,40-38-,43-42-,46-39-,47-45-,52-50-,53-51-,58-56-,59-57-,64-62-,65-63-,71-69-. The van der Waals surface area contributed by atoms with Crippen molar-refractivity contribution in [2.75, 3.05) is 47.5 Å². The number of quaternary nitrogens is 1. The third-order valence-corrected chi connectivity index (χ3v) is 14.3. The molecule has 0 aliphatic rings. The average molecular weight is 1330 g/mol. The number of allylic oxidation sites excluding steroid dienone is 42. The Hall–Kier alpha value is -7.17. The molecule has 0 spiro atoms. The van der Waals surface area contributed by atoms with Crippen LogP contribution in [0, 0.1) is 0 Å². The molecule has 97 heavy (non-hydrogen) atoms. The van der Waals surface area contributed by atoms with Crippen molar-refractivity contribution >= 4 is 17.9 Å². The van der Waals surface area contributed by atoms with Crippen molar-refractivity contribution in [1.29, 1.82) is 0 Å². The number of likely N-dealkylation sites (N-methyl/N-ethyl adjacent to an activating group) is 1. The zero-order valence-electron chi connectivity index (χ0n) is 61.1. The molecule has 1 N–H and O–H groups in total. The van der Waals surface area contributed by atoms with E-state index >= 15 is 0 Å². The maximum absolute atomic E-state index is 12.9. The Morgan fingerprint density at radius 3 is 0.845 bits per heavy atom. The van der Waals surface area contributed by atoms with Crippen molar-refractivity contribution in [2.24, 2.45) is 0 Å². The van der Waals surface area contributed by atoms with Gasteiger partial charge in [-0.05, 0) is 173 Å². The van der Waals surface area contributed by atoms with E-state index in [2.05, 4.69) is 269 Å². The molecule has 0 fully saturated rings. The number of carboxylic acid groups (broad SMARTS) is 1. The van der Waals surface area contributed by atoms with Crippen LogP contribution >= 0.6 is 0 Å². The lowest BCUT2D eigenvalue weighted by atomic mass is 10.1. The largest absolute Gasteiger partial charge is 0.477 e. The quantitative estimate of drug-likeness (QED) is 0.0211. The van der Waals surface area contributed by atoms with E-state index in [-0.39, 0.29) is 38.6 Å². The van der Waals surface area contributed by atoms with Gasteiger partial charge in [0.15, 0.2) is 6.10 Å². The Labute approximate surface area is 592 Å². The van der Waals surface area contributed by atoms with Gasteiger partial charge in [-0.1, -0.05) is 288 Å². The molecule has 0 rings (SSSR count). The molecule has 0 saturated carbocycles. The van der Waals surface area contributed by atoms with Gasteiger partial charge in [0, 0.05) is 12.8 Å². The molecule has 0 radical (unpaired) electrons. The van der Waals surface area contributed by atoms with E-state index in [1.54, 1.807) is 0 Å². The summed E-state index contributed by atoms with van der Waals surface area (Å²) in [5.74, 6) is -2.13. The van der Waals surface area contributed by atoms with E-state index in [0.717, 1.165) is 180 Å². The van der Waals surface area contributed by atoms with E-state index < -0.39 is 24.3 Å². The first-order valence-corrected chi connectivity index (χ1v) is 36.8. The van der Waals surface area contributed by atoms with Crippen LogP contribution in [0.1, 0.15) is 219 Å². The first kappa shape index (κ1) is 89.8. The molecule has 0 heterocycles.